The van der Waals surface area contributed by atoms with Crippen LogP contribution in [0.3, 0.4) is 0 Å². The van der Waals surface area contributed by atoms with Crippen LogP contribution in [-0.4, -0.2) is 9.55 Å². The van der Waals surface area contributed by atoms with Crippen LogP contribution in [0.1, 0.15) is 5.56 Å². The summed E-state index contributed by atoms with van der Waals surface area (Å²) in [6.07, 6.45) is -4.37. The number of nitrogens with zero attached hydrogens (tertiary/aromatic N) is 2. The number of imidazole rings is 1. The molecule has 1 aromatic heterocycles. The highest BCUT2D eigenvalue weighted by Gasteiger charge is 2.30. The largest absolute Gasteiger partial charge is 0.416 e. The minimum atomic E-state index is -4.37. The predicted octanol–water partition coefficient (Wildman–Crippen LogP) is 7.96. The van der Waals surface area contributed by atoms with Crippen molar-refractivity contribution in [3.63, 3.8) is 0 Å². The Kier molecular flexibility index (Phi) is 5.59. The van der Waals surface area contributed by atoms with Crippen LogP contribution in [0.25, 0.3) is 33.9 Å². The number of alkyl halides is 3. The lowest BCUT2D eigenvalue weighted by Gasteiger charge is -2.10. The van der Waals surface area contributed by atoms with Gasteiger partial charge in [0.25, 0.3) is 0 Å². The lowest BCUT2D eigenvalue weighted by atomic mass is 10.0. The molecule has 3 aromatic carbocycles. The van der Waals surface area contributed by atoms with E-state index in [4.69, 9.17) is 4.98 Å². The molecule has 1 heterocycles. The van der Waals surface area contributed by atoms with Crippen LogP contribution in [0.4, 0.5) is 13.2 Å². The third-order valence-corrected chi connectivity index (χ3v) is 5.86. The zero-order chi connectivity index (χ0) is 21.5. The maximum atomic E-state index is 12.9. The van der Waals surface area contributed by atoms with Gasteiger partial charge in [-0.3, -0.25) is 0 Å². The third kappa shape index (κ3) is 4.09. The van der Waals surface area contributed by atoms with E-state index >= 15 is 0 Å². The third-order valence-electron chi connectivity index (χ3n) is 4.80. The van der Waals surface area contributed by atoms with Crippen LogP contribution >= 0.6 is 31.9 Å². The fraction of sp³-hybridized carbons (Fsp3) is 0.0870. The van der Waals surface area contributed by atoms with Crippen molar-refractivity contribution in [1.29, 1.82) is 0 Å². The molecule has 0 N–H and O–H groups in total. The van der Waals surface area contributed by atoms with E-state index in [1.54, 1.807) is 0 Å². The fourth-order valence-electron chi connectivity index (χ4n) is 3.31. The first kappa shape index (κ1) is 20.9. The first-order valence-corrected chi connectivity index (χ1v) is 10.6. The zero-order valence-electron chi connectivity index (χ0n) is 15.7. The van der Waals surface area contributed by atoms with Gasteiger partial charge in [0.15, 0.2) is 0 Å². The standard InChI is InChI=1S/C23H15Br2F3N2/c1-30-21(15-6-12-19(25)13-7-15)20(14-4-10-18(24)11-5-14)29-22(30)16-2-8-17(9-3-16)23(26,27)28/h2-13H,1H3. The van der Waals surface area contributed by atoms with Gasteiger partial charge in [0.1, 0.15) is 5.82 Å². The molecule has 4 aromatic rings. The predicted molar refractivity (Wildman–Crippen MR) is 120 cm³/mol. The van der Waals surface area contributed by atoms with E-state index in [9.17, 15) is 13.2 Å². The van der Waals surface area contributed by atoms with E-state index < -0.39 is 11.7 Å². The lowest BCUT2D eigenvalue weighted by Crippen LogP contribution is -2.04. The summed E-state index contributed by atoms with van der Waals surface area (Å²) < 4.78 is 42.7. The molecule has 0 saturated carbocycles. The van der Waals surface area contributed by atoms with Crippen molar-refractivity contribution in [3.05, 3.63) is 87.3 Å². The number of rotatable bonds is 3. The monoisotopic (exact) mass is 534 g/mol. The van der Waals surface area contributed by atoms with E-state index in [0.29, 0.717) is 11.4 Å². The SMILES string of the molecule is Cn1c(-c2ccc(C(F)(F)F)cc2)nc(-c2ccc(Br)cc2)c1-c1ccc(Br)cc1. The molecule has 0 bridgehead atoms. The molecule has 0 aliphatic carbocycles. The van der Waals surface area contributed by atoms with Crippen LogP contribution in [0.5, 0.6) is 0 Å². The van der Waals surface area contributed by atoms with Crippen LogP contribution in [0, 0.1) is 0 Å². The van der Waals surface area contributed by atoms with Gasteiger partial charge in [-0.15, -0.1) is 0 Å². The fourth-order valence-corrected chi connectivity index (χ4v) is 3.84. The highest BCUT2D eigenvalue weighted by molar-refractivity contribution is 9.10. The molecule has 0 atom stereocenters. The first-order valence-electron chi connectivity index (χ1n) is 9.00. The molecule has 30 heavy (non-hydrogen) atoms. The summed E-state index contributed by atoms with van der Waals surface area (Å²) in [7, 11) is 1.87. The number of benzene rings is 3. The molecule has 0 aliphatic heterocycles. The number of hydrogen-bond acceptors (Lipinski definition) is 1. The zero-order valence-corrected chi connectivity index (χ0v) is 18.9. The quantitative estimate of drug-likeness (QED) is 0.260. The van der Waals surface area contributed by atoms with Gasteiger partial charge in [-0.2, -0.15) is 13.2 Å². The molecule has 2 nitrogen and oxygen atoms in total. The molecular formula is C23H15Br2F3N2. The van der Waals surface area contributed by atoms with Gasteiger partial charge in [-0.1, -0.05) is 68.3 Å². The second-order valence-electron chi connectivity index (χ2n) is 6.78. The summed E-state index contributed by atoms with van der Waals surface area (Å²) in [5.74, 6) is 0.597. The van der Waals surface area contributed by atoms with Gasteiger partial charge in [0.2, 0.25) is 0 Å². The van der Waals surface area contributed by atoms with E-state index in [-0.39, 0.29) is 0 Å². The summed E-state index contributed by atoms with van der Waals surface area (Å²) in [5, 5.41) is 0. The van der Waals surface area contributed by atoms with Crippen molar-refractivity contribution in [1.82, 2.24) is 9.55 Å². The van der Waals surface area contributed by atoms with Crippen LogP contribution in [-0.2, 0) is 13.2 Å². The van der Waals surface area contributed by atoms with E-state index in [1.807, 2.05) is 60.1 Å². The molecule has 0 fully saturated rings. The summed E-state index contributed by atoms with van der Waals surface area (Å²) in [6, 6.07) is 20.8. The van der Waals surface area contributed by atoms with Crippen LogP contribution in [0.15, 0.2) is 81.7 Å². The number of halogens is 5. The van der Waals surface area contributed by atoms with E-state index in [1.165, 1.54) is 12.1 Å². The molecule has 0 saturated heterocycles. The van der Waals surface area contributed by atoms with E-state index in [0.717, 1.165) is 43.6 Å². The summed E-state index contributed by atoms with van der Waals surface area (Å²) in [5.41, 5.74) is 3.48. The highest BCUT2D eigenvalue weighted by Crippen LogP contribution is 2.37. The number of hydrogen-bond donors (Lipinski definition) is 0. The maximum Gasteiger partial charge on any atom is 0.416 e. The van der Waals surface area contributed by atoms with Crippen molar-refractivity contribution in [2.75, 3.05) is 0 Å². The Morgan fingerprint density at radius 3 is 1.67 bits per heavy atom. The molecule has 0 unspecified atom stereocenters. The van der Waals surface area contributed by atoms with Gasteiger partial charge in [-0.25, -0.2) is 4.98 Å². The normalized spacial score (nSPS) is 11.7. The minimum Gasteiger partial charge on any atom is -0.327 e. The van der Waals surface area contributed by atoms with Crippen molar-refractivity contribution in [2.45, 2.75) is 6.18 Å². The average Bonchev–Trinajstić information content (AvgIpc) is 3.06. The minimum absolute atomic E-state index is 0.597. The molecule has 0 radical (unpaired) electrons. The molecular weight excluding hydrogens is 521 g/mol. The lowest BCUT2D eigenvalue weighted by molar-refractivity contribution is -0.137. The molecule has 0 spiro atoms. The second-order valence-corrected chi connectivity index (χ2v) is 8.61. The summed E-state index contributed by atoms with van der Waals surface area (Å²) in [6.45, 7) is 0. The smallest absolute Gasteiger partial charge is 0.327 e. The molecule has 7 heteroatoms. The van der Waals surface area contributed by atoms with Crippen LogP contribution < -0.4 is 0 Å². The van der Waals surface area contributed by atoms with Crippen molar-refractivity contribution in [2.24, 2.45) is 7.05 Å². The van der Waals surface area contributed by atoms with Gasteiger partial charge in [-0.05, 0) is 36.4 Å². The highest BCUT2D eigenvalue weighted by atomic mass is 79.9. The second kappa shape index (κ2) is 8.04. The van der Waals surface area contributed by atoms with Crippen LogP contribution in [0.2, 0.25) is 0 Å². The van der Waals surface area contributed by atoms with E-state index in [2.05, 4.69) is 31.9 Å². The molecule has 0 aliphatic rings. The van der Waals surface area contributed by atoms with Crippen molar-refractivity contribution < 1.29 is 13.2 Å². The Labute approximate surface area is 188 Å². The maximum absolute atomic E-state index is 12.9. The topological polar surface area (TPSA) is 17.8 Å². The molecule has 4 rings (SSSR count). The summed E-state index contributed by atoms with van der Waals surface area (Å²) in [4.78, 5) is 4.83. The van der Waals surface area contributed by atoms with Gasteiger partial charge in [0, 0.05) is 32.7 Å². The number of aromatic nitrogens is 2. The average molecular weight is 536 g/mol. The van der Waals surface area contributed by atoms with Crippen molar-refractivity contribution >= 4 is 31.9 Å². The Balaban J connectivity index is 1.89. The van der Waals surface area contributed by atoms with Gasteiger partial charge >= 0.3 is 6.18 Å². The first-order chi connectivity index (χ1) is 14.2. The summed E-state index contributed by atoms with van der Waals surface area (Å²) >= 11 is 6.90. The van der Waals surface area contributed by atoms with Crippen molar-refractivity contribution in [3.8, 4) is 33.9 Å². The Bertz CT molecular complexity index is 1180. The van der Waals surface area contributed by atoms with Gasteiger partial charge in [0.05, 0.1) is 17.0 Å². The Morgan fingerprint density at radius 2 is 1.17 bits per heavy atom. The molecule has 0 amide bonds. The van der Waals surface area contributed by atoms with Gasteiger partial charge < -0.3 is 4.57 Å². The Hall–Kier alpha value is -2.38. The Morgan fingerprint density at radius 1 is 0.700 bits per heavy atom. The molecule has 152 valence electrons.